The van der Waals surface area contributed by atoms with E-state index in [1.54, 1.807) is 42.9 Å². The first-order valence-corrected chi connectivity index (χ1v) is 5.85. The number of halogens is 1. The number of benzene rings is 1. The lowest BCUT2D eigenvalue weighted by molar-refractivity contribution is 0.104. The summed E-state index contributed by atoms with van der Waals surface area (Å²) in [6, 6.07) is 8.93. The molecular weight excluding hydrogens is 248 g/mol. The fourth-order valence-corrected chi connectivity index (χ4v) is 2.11. The number of fused-ring (bicyclic) bond motifs is 1. The fraction of sp³-hybridized carbons (Fsp3) is 0. The van der Waals surface area contributed by atoms with Crippen LogP contribution in [0.25, 0.3) is 10.9 Å². The van der Waals surface area contributed by atoms with E-state index in [-0.39, 0.29) is 5.78 Å². The number of hydrogen-bond donors (Lipinski definition) is 1. The van der Waals surface area contributed by atoms with Crippen LogP contribution in [-0.2, 0) is 0 Å². The summed E-state index contributed by atoms with van der Waals surface area (Å²) in [5, 5.41) is 1.51. The monoisotopic (exact) mass is 256 g/mol. The molecule has 1 aromatic carbocycles. The zero-order chi connectivity index (χ0) is 12.5. The molecule has 88 valence electrons. The number of nitrogens with one attached hydrogen (secondary N) is 1. The van der Waals surface area contributed by atoms with E-state index in [1.807, 2.05) is 6.07 Å². The molecule has 0 aliphatic carbocycles. The number of ketones is 1. The minimum Gasteiger partial charge on any atom is -0.360 e. The molecule has 0 atom stereocenters. The Morgan fingerprint density at radius 3 is 2.94 bits per heavy atom. The second-order valence-corrected chi connectivity index (χ2v) is 4.40. The van der Waals surface area contributed by atoms with E-state index in [4.69, 9.17) is 11.6 Å². The Labute approximate surface area is 108 Å². The molecule has 0 radical (unpaired) electrons. The summed E-state index contributed by atoms with van der Waals surface area (Å²) in [7, 11) is 0. The van der Waals surface area contributed by atoms with Crippen LogP contribution in [0.2, 0.25) is 5.02 Å². The van der Waals surface area contributed by atoms with Gasteiger partial charge in [0.1, 0.15) is 0 Å². The maximum Gasteiger partial charge on any atom is 0.196 e. The molecule has 0 bridgehead atoms. The van der Waals surface area contributed by atoms with Crippen molar-refractivity contribution in [3.8, 4) is 0 Å². The van der Waals surface area contributed by atoms with Gasteiger partial charge in [0.25, 0.3) is 0 Å². The number of carbonyl (C=O) groups is 1. The van der Waals surface area contributed by atoms with E-state index in [0.717, 1.165) is 10.9 Å². The normalized spacial score (nSPS) is 10.7. The second-order valence-electron chi connectivity index (χ2n) is 3.96. The molecule has 0 spiro atoms. The third-order valence-corrected chi connectivity index (χ3v) is 3.05. The molecule has 2 heterocycles. The number of H-pyrrole nitrogens is 1. The number of pyridine rings is 1. The van der Waals surface area contributed by atoms with Crippen molar-refractivity contribution in [1.29, 1.82) is 0 Å². The lowest BCUT2D eigenvalue weighted by Crippen LogP contribution is -2.00. The molecule has 0 saturated heterocycles. The zero-order valence-corrected chi connectivity index (χ0v) is 10.1. The minimum atomic E-state index is -0.0447. The number of rotatable bonds is 2. The van der Waals surface area contributed by atoms with Gasteiger partial charge in [0.05, 0.1) is 0 Å². The minimum absolute atomic E-state index is 0.0447. The van der Waals surface area contributed by atoms with E-state index in [2.05, 4.69) is 9.97 Å². The molecule has 0 fully saturated rings. The Hall–Kier alpha value is -2.13. The first-order valence-electron chi connectivity index (χ1n) is 5.47. The molecule has 1 N–H and O–H groups in total. The van der Waals surface area contributed by atoms with Gasteiger partial charge in [0, 0.05) is 45.6 Å². The van der Waals surface area contributed by atoms with Crippen molar-refractivity contribution >= 4 is 28.3 Å². The topological polar surface area (TPSA) is 45.8 Å². The maximum atomic E-state index is 12.3. The third-order valence-electron chi connectivity index (χ3n) is 2.81. The molecule has 0 amide bonds. The van der Waals surface area contributed by atoms with Crippen LogP contribution in [0, 0.1) is 0 Å². The van der Waals surface area contributed by atoms with Crippen molar-refractivity contribution in [1.82, 2.24) is 9.97 Å². The van der Waals surface area contributed by atoms with Crippen molar-refractivity contribution < 1.29 is 4.79 Å². The maximum absolute atomic E-state index is 12.3. The first-order chi connectivity index (χ1) is 8.75. The van der Waals surface area contributed by atoms with Gasteiger partial charge in [-0.25, -0.2) is 0 Å². The number of aromatic amines is 1. The first kappa shape index (κ1) is 11.0. The summed E-state index contributed by atoms with van der Waals surface area (Å²) < 4.78 is 0. The van der Waals surface area contributed by atoms with Gasteiger partial charge in [-0.15, -0.1) is 0 Å². The Morgan fingerprint density at radius 2 is 2.17 bits per heavy atom. The number of hydrogen-bond acceptors (Lipinski definition) is 2. The Kier molecular flexibility index (Phi) is 2.61. The number of aromatic nitrogens is 2. The van der Waals surface area contributed by atoms with Crippen molar-refractivity contribution in [2.24, 2.45) is 0 Å². The average molecular weight is 257 g/mol. The standard InChI is InChI=1S/C14H9ClN2O/c15-10-3-4-11-12(8-17-13(11)6-10)14(18)9-2-1-5-16-7-9/h1-8,17H. The summed E-state index contributed by atoms with van der Waals surface area (Å²) in [5.74, 6) is -0.0447. The Bertz CT molecular complexity index is 719. The molecule has 0 unspecified atom stereocenters. The Morgan fingerprint density at radius 1 is 1.28 bits per heavy atom. The highest BCUT2D eigenvalue weighted by Crippen LogP contribution is 2.23. The Balaban J connectivity index is 2.13. The number of carbonyl (C=O) groups excluding carboxylic acids is 1. The second kappa shape index (κ2) is 4.27. The fourth-order valence-electron chi connectivity index (χ4n) is 1.94. The van der Waals surface area contributed by atoms with E-state index in [9.17, 15) is 4.79 Å². The smallest absolute Gasteiger partial charge is 0.196 e. The van der Waals surface area contributed by atoms with Crippen LogP contribution in [0.5, 0.6) is 0 Å². The molecule has 0 aliphatic heterocycles. The lowest BCUT2D eigenvalue weighted by Gasteiger charge is -1.98. The summed E-state index contributed by atoms with van der Waals surface area (Å²) >= 11 is 5.91. The molecule has 4 heteroatoms. The SMILES string of the molecule is O=C(c1cccnc1)c1c[nH]c2cc(Cl)ccc12. The molecule has 2 aromatic heterocycles. The summed E-state index contributed by atoms with van der Waals surface area (Å²) in [6.45, 7) is 0. The average Bonchev–Trinajstić information content (AvgIpc) is 2.81. The highest BCUT2D eigenvalue weighted by molar-refractivity contribution is 6.31. The summed E-state index contributed by atoms with van der Waals surface area (Å²) in [6.07, 6.45) is 4.92. The van der Waals surface area contributed by atoms with E-state index in [1.165, 1.54) is 0 Å². The van der Waals surface area contributed by atoms with Crippen molar-refractivity contribution in [2.45, 2.75) is 0 Å². The van der Waals surface area contributed by atoms with Crippen molar-refractivity contribution in [2.75, 3.05) is 0 Å². The van der Waals surface area contributed by atoms with Gasteiger partial charge in [0.15, 0.2) is 5.78 Å². The molecular formula is C14H9ClN2O. The van der Waals surface area contributed by atoms with Crippen LogP contribution in [0.1, 0.15) is 15.9 Å². The van der Waals surface area contributed by atoms with Crippen LogP contribution < -0.4 is 0 Å². The molecule has 0 saturated carbocycles. The van der Waals surface area contributed by atoms with Crippen LogP contribution in [-0.4, -0.2) is 15.8 Å². The molecule has 3 rings (SSSR count). The molecule has 0 aliphatic rings. The zero-order valence-electron chi connectivity index (χ0n) is 9.35. The van der Waals surface area contributed by atoms with Crippen LogP contribution >= 0.6 is 11.6 Å². The van der Waals surface area contributed by atoms with Gasteiger partial charge in [0.2, 0.25) is 0 Å². The van der Waals surface area contributed by atoms with Crippen LogP contribution in [0.3, 0.4) is 0 Å². The number of nitrogens with zero attached hydrogens (tertiary/aromatic N) is 1. The van der Waals surface area contributed by atoms with Crippen LogP contribution in [0.15, 0.2) is 48.9 Å². The highest BCUT2D eigenvalue weighted by Gasteiger charge is 2.14. The molecule has 3 aromatic rings. The van der Waals surface area contributed by atoms with Crippen molar-refractivity contribution in [3.63, 3.8) is 0 Å². The summed E-state index contributed by atoms with van der Waals surface area (Å²) in [4.78, 5) is 19.3. The predicted molar refractivity (Wildman–Crippen MR) is 71.0 cm³/mol. The van der Waals surface area contributed by atoms with E-state index < -0.39 is 0 Å². The van der Waals surface area contributed by atoms with Gasteiger partial charge in [-0.2, -0.15) is 0 Å². The van der Waals surface area contributed by atoms with Gasteiger partial charge >= 0.3 is 0 Å². The van der Waals surface area contributed by atoms with Gasteiger partial charge < -0.3 is 4.98 Å². The van der Waals surface area contributed by atoms with Crippen LogP contribution in [0.4, 0.5) is 0 Å². The highest BCUT2D eigenvalue weighted by atomic mass is 35.5. The molecule has 18 heavy (non-hydrogen) atoms. The van der Waals surface area contributed by atoms with Gasteiger partial charge in [-0.05, 0) is 24.3 Å². The largest absolute Gasteiger partial charge is 0.360 e. The third kappa shape index (κ3) is 1.79. The van der Waals surface area contributed by atoms with E-state index in [0.29, 0.717) is 16.1 Å². The predicted octanol–water partition coefficient (Wildman–Crippen LogP) is 3.45. The van der Waals surface area contributed by atoms with Gasteiger partial charge in [-0.1, -0.05) is 17.7 Å². The molecule has 3 nitrogen and oxygen atoms in total. The van der Waals surface area contributed by atoms with E-state index >= 15 is 0 Å². The van der Waals surface area contributed by atoms with Crippen molar-refractivity contribution in [3.05, 3.63) is 65.1 Å². The lowest BCUT2D eigenvalue weighted by atomic mass is 10.0. The summed E-state index contributed by atoms with van der Waals surface area (Å²) in [5.41, 5.74) is 2.07. The van der Waals surface area contributed by atoms with Gasteiger partial charge in [-0.3, -0.25) is 9.78 Å². The quantitative estimate of drug-likeness (QED) is 0.714.